The van der Waals surface area contributed by atoms with Crippen LogP contribution in [0.5, 0.6) is 0 Å². The minimum atomic E-state index is -0.307. The standard InChI is InChI=1S/C14H15N3O3S/c1-2-16(9-10-4-3-6-20-10)12(18)11-8-15-14-17(13(11)19)5-7-21-14/h3-4,6,8H,2,5,7,9H2,1H3. The summed E-state index contributed by atoms with van der Waals surface area (Å²) < 4.78 is 6.83. The topological polar surface area (TPSA) is 68.3 Å². The SMILES string of the molecule is CCN(Cc1ccco1)C(=O)c1cnc2n(c1=O)CCS2. The molecule has 0 saturated heterocycles. The molecule has 3 heterocycles. The van der Waals surface area contributed by atoms with Crippen molar-refractivity contribution < 1.29 is 9.21 Å². The molecule has 110 valence electrons. The highest BCUT2D eigenvalue weighted by Crippen LogP contribution is 2.20. The molecule has 0 radical (unpaired) electrons. The molecule has 2 aromatic heterocycles. The lowest BCUT2D eigenvalue weighted by Crippen LogP contribution is -2.36. The second-order valence-electron chi connectivity index (χ2n) is 4.66. The van der Waals surface area contributed by atoms with Gasteiger partial charge in [0.2, 0.25) is 0 Å². The van der Waals surface area contributed by atoms with Crippen molar-refractivity contribution >= 4 is 17.7 Å². The van der Waals surface area contributed by atoms with Crippen molar-refractivity contribution in [3.63, 3.8) is 0 Å². The Morgan fingerprint density at radius 2 is 2.43 bits per heavy atom. The van der Waals surface area contributed by atoms with E-state index < -0.39 is 0 Å². The van der Waals surface area contributed by atoms with Crippen LogP contribution in [0, 0.1) is 0 Å². The Hall–Kier alpha value is -2.02. The van der Waals surface area contributed by atoms with Gasteiger partial charge in [-0.2, -0.15) is 0 Å². The van der Waals surface area contributed by atoms with Gasteiger partial charge in [-0.1, -0.05) is 11.8 Å². The molecule has 7 heteroatoms. The summed E-state index contributed by atoms with van der Waals surface area (Å²) in [7, 11) is 0. The molecule has 0 saturated carbocycles. The van der Waals surface area contributed by atoms with Crippen molar-refractivity contribution in [2.75, 3.05) is 12.3 Å². The van der Waals surface area contributed by atoms with Gasteiger partial charge >= 0.3 is 0 Å². The second-order valence-corrected chi connectivity index (χ2v) is 5.72. The fraction of sp³-hybridized carbons (Fsp3) is 0.357. The molecular formula is C14H15N3O3S. The first-order chi connectivity index (χ1) is 10.2. The Balaban J connectivity index is 1.89. The molecule has 1 amide bonds. The first kappa shape index (κ1) is 13.9. The molecule has 21 heavy (non-hydrogen) atoms. The highest BCUT2D eigenvalue weighted by molar-refractivity contribution is 7.99. The molecule has 0 unspecified atom stereocenters. The fourth-order valence-corrected chi connectivity index (χ4v) is 3.17. The average molecular weight is 305 g/mol. The summed E-state index contributed by atoms with van der Waals surface area (Å²) in [6.45, 7) is 3.32. The number of nitrogens with zero attached hydrogens (tertiary/aromatic N) is 3. The number of carbonyl (C=O) groups is 1. The number of thioether (sulfide) groups is 1. The van der Waals surface area contributed by atoms with Crippen LogP contribution in [0.4, 0.5) is 0 Å². The molecule has 1 aliphatic rings. The Labute approximate surface area is 125 Å². The maximum atomic E-state index is 12.5. The Morgan fingerprint density at radius 3 is 3.14 bits per heavy atom. The van der Waals surface area contributed by atoms with E-state index >= 15 is 0 Å². The number of hydrogen-bond acceptors (Lipinski definition) is 5. The molecule has 6 nitrogen and oxygen atoms in total. The number of furan rings is 1. The van der Waals surface area contributed by atoms with Gasteiger partial charge in [-0.3, -0.25) is 14.2 Å². The molecule has 0 spiro atoms. The Bertz CT molecular complexity index is 709. The molecule has 2 aromatic rings. The third-order valence-electron chi connectivity index (χ3n) is 3.38. The van der Waals surface area contributed by atoms with E-state index in [1.807, 2.05) is 6.92 Å². The van der Waals surface area contributed by atoms with Crippen LogP contribution in [0.1, 0.15) is 23.0 Å². The van der Waals surface area contributed by atoms with Gasteiger partial charge in [0, 0.05) is 25.0 Å². The lowest BCUT2D eigenvalue weighted by atomic mass is 10.2. The predicted octanol–water partition coefficient (Wildman–Crippen LogP) is 1.60. The van der Waals surface area contributed by atoms with E-state index in [2.05, 4.69) is 4.98 Å². The molecule has 1 aliphatic heterocycles. The number of carbonyl (C=O) groups excluding carboxylic acids is 1. The molecular weight excluding hydrogens is 290 g/mol. The summed E-state index contributed by atoms with van der Waals surface area (Å²) in [5.74, 6) is 1.21. The monoisotopic (exact) mass is 305 g/mol. The van der Waals surface area contributed by atoms with Crippen molar-refractivity contribution in [2.24, 2.45) is 0 Å². The highest BCUT2D eigenvalue weighted by Gasteiger charge is 2.23. The van der Waals surface area contributed by atoms with Crippen molar-refractivity contribution in [1.29, 1.82) is 0 Å². The third-order valence-corrected chi connectivity index (χ3v) is 4.35. The second kappa shape index (κ2) is 5.77. The van der Waals surface area contributed by atoms with Crippen LogP contribution in [-0.2, 0) is 13.1 Å². The summed E-state index contributed by atoms with van der Waals surface area (Å²) in [4.78, 5) is 30.7. The maximum Gasteiger partial charge on any atom is 0.267 e. The molecule has 0 aromatic carbocycles. The number of amides is 1. The molecule has 3 rings (SSSR count). The van der Waals surface area contributed by atoms with E-state index in [9.17, 15) is 9.59 Å². The summed E-state index contributed by atoms with van der Waals surface area (Å²) in [6, 6.07) is 3.58. The normalized spacial score (nSPS) is 13.2. The van der Waals surface area contributed by atoms with Crippen molar-refractivity contribution in [2.45, 2.75) is 25.2 Å². The van der Waals surface area contributed by atoms with E-state index in [-0.39, 0.29) is 17.0 Å². The number of rotatable bonds is 4. The van der Waals surface area contributed by atoms with Gasteiger partial charge < -0.3 is 9.32 Å². The van der Waals surface area contributed by atoms with Gasteiger partial charge in [-0.05, 0) is 19.1 Å². The minimum absolute atomic E-state index is 0.120. The molecule has 0 fully saturated rings. The summed E-state index contributed by atoms with van der Waals surface area (Å²) in [5, 5.41) is 0.686. The maximum absolute atomic E-state index is 12.5. The highest BCUT2D eigenvalue weighted by atomic mass is 32.2. The Morgan fingerprint density at radius 1 is 1.57 bits per heavy atom. The van der Waals surface area contributed by atoms with Gasteiger partial charge in [0.25, 0.3) is 11.5 Å². The molecule has 0 bridgehead atoms. The van der Waals surface area contributed by atoms with E-state index in [0.717, 1.165) is 5.75 Å². The van der Waals surface area contributed by atoms with Crippen LogP contribution in [0.25, 0.3) is 0 Å². The quantitative estimate of drug-likeness (QED) is 0.803. The van der Waals surface area contributed by atoms with Crippen molar-refractivity contribution in [3.8, 4) is 0 Å². The van der Waals surface area contributed by atoms with E-state index in [0.29, 0.717) is 30.6 Å². The van der Waals surface area contributed by atoms with Crippen LogP contribution in [0.2, 0.25) is 0 Å². The molecule has 0 N–H and O–H groups in total. The first-order valence-corrected chi connectivity index (χ1v) is 7.73. The average Bonchev–Trinajstić information content (AvgIpc) is 3.16. The predicted molar refractivity (Wildman–Crippen MR) is 78.3 cm³/mol. The van der Waals surface area contributed by atoms with Gasteiger partial charge in [0.05, 0.1) is 12.8 Å². The molecule has 0 atom stereocenters. The van der Waals surface area contributed by atoms with Gasteiger partial charge in [-0.15, -0.1) is 0 Å². The number of aromatic nitrogens is 2. The molecule has 0 aliphatic carbocycles. The van der Waals surface area contributed by atoms with Gasteiger partial charge in [0.1, 0.15) is 11.3 Å². The van der Waals surface area contributed by atoms with Crippen LogP contribution in [-0.4, -0.2) is 32.7 Å². The lowest BCUT2D eigenvalue weighted by molar-refractivity contribution is 0.0738. The number of fused-ring (bicyclic) bond motifs is 1. The van der Waals surface area contributed by atoms with Crippen molar-refractivity contribution in [1.82, 2.24) is 14.5 Å². The van der Waals surface area contributed by atoms with Gasteiger partial charge in [0.15, 0.2) is 5.16 Å². The minimum Gasteiger partial charge on any atom is -0.467 e. The largest absolute Gasteiger partial charge is 0.467 e. The Kier molecular flexibility index (Phi) is 3.83. The zero-order valence-electron chi connectivity index (χ0n) is 11.6. The smallest absolute Gasteiger partial charge is 0.267 e. The van der Waals surface area contributed by atoms with Crippen LogP contribution < -0.4 is 5.56 Å². The van der Waals surface area contributed by atoms with Crippen molar-refractivity contribution in [3.05, 3.63) is 46.3 Å². The van der Waals surface area contributed by atoms with E-state index in [4.69, 9.17) is 4.42 Å². The third kappa shape index (κ3) is 2.61. The van der Waals surface area contributed by atoms with Crippen LogP contribution in [0.3, 0.4) is 0 Å². The first-order valence-electron chi connectivity index (χ1n) is 6.75. The van der Waals surface area contributed by atoms with Crippen LogP contribution >= 0.6 is 11.8 Å². The fourth-order valence-electron chi connectivity index (χ4n) is 2.25. The summed E-state index contributed by atoms with van der Waals surface area (Å²) in [5.41, 5.74) is -0.137. The lowest BCUT2D eigenvalue weighted by Gasteiger charge is -2.19. The number of hydrogen-bond donors (Lipinski definition) is 0. The van der Waals surface area contributed by atoms with Gasteiger partial charge in [-0.25, -0.2) is 4.98 Å². The van der Waals surface area contributed by atoms with E-state index in [1.54, 1.807) is 27.9 Å². The zero-order chi connectivity index (χ0) is 14.8. The zero-order valence-corrected chi connectivity index (χ0v) is 12.4. The van der Waals surface area contributed by atoms with Crippen LogP contribution in [0.15, 0.2) is 39.0 Å². The summed E-state index contributed by atoms with van der Waals surface area (Å²) in [6.07, 6.45) is 2.95. The van der Waals surface area contributed by atoms with E-state index in [1.165, 1.54) is 18.0 Å². The summed E-state index contributed by atoms with van der Waals surface area (Å²) >= 11 is 1.53.